The molecule has 0 aromatic carbocycles. The fourth-order valence-electron chi connectivity index (χ4n) is 2.69. The lowest BCUT2D eigenvalue weighted by Gasteiger charge is -2.07. The molecule has 27 heavy (non-hydrogen) atoms. The molecule has 0 aliphatic carbocycles. The topological polar surface area (TPSA) is 115 Å². The van der Waals surface area contributed by atoms with Crippen molar-refractivity contribution in [2.24, 2.45) is 0 Å². The number of rotatable bonds is 17. The molecule has 0 aromatic heterocycles. The van der Waals surface area contributed by atoms with Crippen LogP contribution >= 0.6 is 0 Å². The van der Waals surface area contributed by atoms with Gasteiger partial charge in [0, 0.05) is 0 Å². The van der Waals surface area contributed by atoms with Gasteiger partial charge in [0.2, 0.25) is 0 Å². The Morgan fingerprint density at radius 1 is 0.630 bits per heavy atom. The smallest absolute Gasteiger partial charge is 0.305 e. The minimum absolute atomic E-state index is 0.113. The number of hydrogen-bond acceptors (Lipinski definition) is 4. The summed E-state index contributed by atoms with van der Waals surface area (Å²) in [4.78, 5) is 20.2. The van der Waals surface area contributed by atoms with E-state index < -0.39 is 24.1 Å². The van der Waals surface area contributed by atoms with Gasteiger partial charge in [0.05, 0.1) is 25.0 Å². The number of aliphatic hydroxyl groups excluding tert-OH is 2. The summed E-state index contributed by atoms with van der Waals surface area (Å²) in [5, 5.41) is 34.6. The fraction of sp³-hybridized carbons (Fsp3) is 0.905. The molecule has 2 unspecified atom stereocenters. The van der Waals surface area contributed by atoms with E-state index in [-0.39, 0.29) is 12.8 Å². The van der Waals surface area contributed by atoms with Crippen molar-refractivity contribution in [1.29, 1.82) is 0 Å². The molecule has 0 saturated heterocycles. The molecule has 2 atom stereocenters. The molecule has 0 saturated carbocycles. The highest BCUT2D eigenvalue weighted by molar-refractivity contribution is 5.67. The van der Waals surface area contributed by atoms with Crippen LogP contribution in [0.1, 0.15) is 110 Å². The van der Waals surface area contributed by atoms with Gasteiger partial charge in [0.15, 0.2) is 0 Å². The maximum Gasteiger partial charge on any atom is 0.305 e. The van der Waals surface area contributed by atoms with Crippen molar-refractivity contribution in [3.05, 3.63) is 0 Å². The van der Waals surface area contributed by atoms with Crippen molar-refractivity contribution in [1.82, 2.24) is 0 Å². The zero-order valence-corrected chi connectivity index (χ0v) is 17.4. The second-order valence-electron chi connectivity index (χ2n) is 7.24. The Morgan fingerprint density at radius 3 is 1.33 bits per heavy atom. The van der Waals surface area contributed by atoms with Crippen molar-refractivity contribution in [3.8, 4) is 0 Å². The van der Waals surface area contributed by atoms with Crippen molar-refractivity contribution in [3.63, 3.8) is 0 Å². The first-order chi connectivity index (χ1) is 12.8. The molecule has 0 radical (unpaired) electrons. The van der Waals surface area contributed by atoms with Crippen LogP contribution in [0.4, 0.5) is 0 Å². The van der Waals surface area contributed by atoms with Crippen molar-refractivity contribution >= 4 is 11.9 Å². The molecule has 0 bridgehead atoms. The Bertz CT molecular complexity index is 346. The quantitative estimate of drug-likeness (QED) is 0.266. The molecule has 6 heteroatoms. The van der Waals surface area contributed by atoms with Crippen LogP contribution in [0.15, 0.2) is 0 Å². The molecule has 162 valence electrons. The highest BCUT2D eigenvalue weighted by Crippen LogP contribution is 2.13. The highest BCUT2D eigenvalue weighted by Gasteiger charge is 2.08. The zero-order chi connectivity index (χ0) is 20.9. The average Bonchev–Trinajstić information content (AvgIpc) is 2.59. The molecule has 6 nitrogen and oxygen atoms in total. The van der Waals surface area contributed by atoms with E-state index in [0.29, 0.717) is 12.8 Å². The molecule has 4 N–H and O–H groups in total. The van der Waals surface area contributed by atoms with Gasteiger partial charge in [-0.25, -0.2) is 0 Å². The van der Waals surface area contributed by atoms with Gasteiger partial charge in [-0.2, -0.15) is 0 Å². The van der Waals surface area contributed by atoms with E-state index >= 15 is 0 Å². The Balaban J connectivity index is 0. The summed E-state index contributed by atoms with van der Waals surface area (Å²) in [6, 6.07) is 0. The summed E-state index contributed by atoms with van der Waals surface area (Å²) in [7, 11) is 0. The molecule has 0 aromatic rings. The minimum atomic E-state index is -0.945. The van der Waals surface area contributed by atoms with Crippen molar-refractivity contribution in [2.45, 2.75) is 122 Å². The molecule has 0 amide bonds. The van der Waals surface area contributed by atoms with E-state index in [4.69, 9.17) is 15.3 Å². The Hall–Kier alpha value is -1.14. The van der Waals surface area contributed by atoms with Gasteiger partial charge in [-0.15, -0.1) is 0 Å². The number of unbranched alkanes of at least 4 members (excludes halogenated alkanes) is 10. The Morgan fingerprint density at radius 2 is 1.00 bits per heavy atom. The van der Waals surface area contributed by atoms with Crippen molar-refractivity contribution < 1.29 is 30.0 Å². The van der Waals surface area contributed by atoms with Gasteiger partial charge in [-0.1, -0.05) is 84.5 Å². The second kappa shape index (κ2) is 21.2. The van der Waals surface area contributed by atoms with E-state index in [0.717, 1.165) is 12.8 Å². The number of aliphatic hydroxyl groups is 2. The number of carboxylic acid groups (broad SMARTS) is 2. The van der Waals surface area contributed by atoms with Crippen LogP contribution in [-0.2, 0) is 9.59 Å². The summed E-state index contributed by atoms with van der Waals surface area (Å²) in [5.41, 5.74) is 0. The fourth-order valence-corrected chi connectivity index (χ4v) is 2.69. The maximum absolute atomic E-state index is 10.4. The summed E-state index contributed by atoms with van der Waals surface area (Å²) in [5.74, 6) is -1.85. The van der Waals surface area contributed by atoms with Gasteiger partial charge in [0.25, 0.3) is 0 Å². The van der Waals surface area contributed by atoms with Gasteiger partial charge in [-0.3, -0.25) is 9.59 Å². The SMILES string of the molecule is CCC(O)CC(=O)O.CCCCCCCCCCCCCC(O)CC(=O)O. The maximum atomic E-state index is 10.4. The second-order valence-corrected chi connectivity index (χ2v) is 7.24. The first-order valence-corrected chi connectivity index (χ1v) is 10.6. The predicted molar refractivity (Wildman–Crippen MR) is 108 cm³/mol. The predicted octanol–water partition coefficient (Wildman–Crippen LogP) is 4.76. The number of carbonyl (C=O) groups is 2. The molecule has 0 heterocycles. The molecule has 0 rings (SSSR count). The van der Waals surface area contributed by atoms with Gasteiger partial charge < -0.3 is 20.4 Å². The van der Waals surface area contributed by atoms with E-state index in [9.17, 15) is 14.7 Å². The van der Waals surface area contributed by atoms with Crippen LogP contribution in [0, 0.1) is 0 Å². The Kier molecular flexibility index (Phi) is 22.0. The van der Waals surface area contributed by atoms with E-state index in [1.807, 2.05) is 0 Å². The molecule has 0 fully saturated rings. The third kappa shape index (κ3) is 27.2. The standard InChI is InChI=1S/C16H32O3.C5H10O3/c1-2-3-4-5-6-7-8-9-10-11-12-13-15(17)14-16(18)19;1-2-4(6)3-5(7)8/h15,17H,2-14H2,1H3,(H,18,19);4,6H,2-3H2,1H3,(H,7,8). The van der Waals surface area contributed by atoms with Crippen LogP contribution < -0.4 is 0 Å². The van der Waals surface area contributed by atoms with Crippen LogP contribution in [0.2, 0.25) is 0 Å². The van der Waals surface area contributed by atoms with Crippen LogP contribution in [-0.4, -0.2) is 44.6 Å². The van der Waals surface area contributed by atoms with Crippen molar-refractivity contribution in [2.75, 3.05) is 0 Å². The van der Waals surface area contributed by atoms with Gasteiger partial charge in [-0.05, 0) is 12.8 Å². The number of carboxylic acids is 2. The summed E-state index contributed by atoms with van der Waals surface area (Å²) in [6.45, 7) is 3.99. The molecule has 0 aliphatic heterocycles. The molecule has 0 spiro atoms. The Labute approximate surface area is 165 Å². The molecular weight excluding hydrogens is 348 g/mol. The molecular formula is C21H42O6. The van der Waals surface area contributed by atoms with E-state index in [1.165, 1.54) is 57.8 Å². The first-order valence-electron chi connectivity index (χ1n) is 10.6. The van der Waals surface area contributed by atoms with E-state index in [2.05, 4.69) is 6.92 Å². The van der Waals surface area contributed by atoms with Crippen LogP contribution in [0.5, 0.6) is 0 Å². The van der Waals surface area contributed by atoms with E-state index in [1.54, 1.807) is 6.92 Å². The van der Waals surface area contributed by atoms with Gasteiger partial charge in [0.1, 0.15) is 0 Å². The first kappa shape index (κ1) is 28.1. The lowest BCUT2D eigenvalue weighted by atomic mass is 10.0. The zero-order valence-electron chi connectivity index (χ0n) is 17.4. The summed E-state index contributed by atoms with van der Waals surface area (Å²) in [6.07, 6.45) is 13.6. The monoisotopic (exact) mass is 390 g/mol. The van der Waals surface area contributed by atoms with Crippen LogP contribution in [0.25, 0.3) is 0 Å². The number of hydrogen-bond donors (Lipinski definition) is 4. The van der Waals surface area contributed by atoms with Crippen LogP contribution in [0.3, 0.4) is 0 Å². The largest absolute Gasteiger partial charge is 0.481 e. The normalized spacial score (nSPS) is 12.7. The third-order valence-corrected chi connectivity index (χ3v) is 4.43. The average molecular weight is 391 g/mol. The lowest BCUT2D eigenvalue weighted by Crippen LogP contribution is -2.12. The third-order valence-electron chi connectivity index (χ3n) is 4.43. The minimum Gasteiger partial charge on any atom is -0.481 e. The lowest BCUT2D eigenvalue weighted by molar-refractivity contribution is -0.140. The summed E-state index contributed by atoms with van der Waals surface area (Å²) >= 11 is 0. The summed E-state index contributed by atoms with van der Waals surface area (Å²) < 4.78 is 0. The number of aliphatic carboxylic acids is 2. The molecule has 0 aliphatic rings. The highest BCUT2D eigenvalue weighted by atomic mass is 16.4. The van der Waals surface area contributed by atoms with Gasteiger partial charge >= 0.3 is 11.9 Å².